The van der Waals surface area contributed by atoms with E-state index in [0.29, 0.717) is 17.0 Å². The highest BCUT2D eigenvalue weighted by Gasteiger charge is 2.22. The Balaban J connectivity index is 2.35. The molecule has 0 radical (unpaired) electrons. The highest BCUT2D eigenvalue weighted by atomic mass is 32.1. The predicted molar refractivity (Wildman–Crippen MR) is 71.8 cm³/mol. The van der Waals surface area contributed by atoms with Crippen molar-refractivity contribution in [3.05, 3.63) is 51.0 Å². The van der Waals surface area contributed by atoms with Crippen molar-refractivity contribution in [2.45, 2.75) is 6.92 Å². The second-order valence-electron chi connectivity index (χ2n) is 4.12. The molecular weight excluding hydrogens is 305 g/mol. The molecule has 0 aliphatic carbocycles. The van der Waals surface area contributed by atoms with Gasteiger partial charge in [0.05, 0.1) is 10.6 Å². The van der Waals surface area contributed by atoms with Crippen molar-refractivity contribution in [1.82, 2.24) is 0 Å². The fourth-order valence-electron chi connectivity index (χ4n) is 1.65. The lowest BCUT2D eigenvalue weighted by molar-refractivity contribution is 0.0997. The first-order chi connectivity index (χ1) is 9.81. The van der Waals surface area contributed by atoms with E-state index < -0.39 is 34.8 Å². The van der Waals surface area contributed by atoms with Gasteiger partial charge in [0.15, 0.2) is 11.6 Å². The Kier molecular flexibility index (Phi) is 3.99. The Morgan fingerprint density at radius 2 is 1.81 bits per heavy atom. The topological polar surface area (TPSA) is 72.2 Å². The highest BCUT2D eigenvalue weighted by Crippen LogP contribution is 2.27. The van der Waals surface area contributed by atoms with Gasteiger partial charge in [-0.1, -0.05) is 0 Å². The Morgan fingerprint density at radius 1 is 1.19 bits per heavy atom. The van der Waals surface area contributed by atoms with E-state index in [0.717, 1.165) is 11.3 Å². The van der Waals surface area contributed by atoms with Gasteiger partial charge in [0, 0.05) is 4.88 Å². The average Bonchev–Trinajstić information content (AvgIpc) is 2.76. The first kappa shape index (κ1) is 15.0. The number of benzene rings is 1. The van der Waals surface area contributed by atoms with Crippen molar-refractivity contribution in [3.63, 3.8) is 0 Å². The third-order valence-electron chi connectivity index (χ3n) is 2.68. The summed E-state index contributed by atoms with van der Waals surface area (Å²) in [4.78, 5) is 23.6. The van der Waals surface area contributed by atoms with E-state index in [2.05, 4.69) is 5.32 Å². The molecule has 1 heterocycles. The lowest BCUT2D eigenvalue weighted by atomic mass is 10.1. The molecule has 3 N–H and O–H groups in total. The van der Waals surface area contributed by atoms with E-state index >= 15 is 0 Å². The molecule has 4 nitrogen and oxygen atoms in total. The van der Waals surface area contributed by atoms with Crippen LogP contribution in [0.15, 0.2) is 18.2 Å². The van der Waals surface area contributed by atoms with Crippen LogP contribution < -0.4 is 11.1 Å². The number of anilines is 1. The van der Waals surface area contributed by atoms with E-state index in [1.807, 2.05) is 0 Å². The second-order valence-corrected chi connectivity index (χ2v) is 5.37. The zero-order chi connectivity index (χ0) is 15.7. The van der Waals surface area contributed by atoms with Gasteiger partial charge in [-0.15, -0.1) is 11.3 Å². The Hall–Kier alpha value is -2.35. The molecule has 110 valence electrons. The fourth-order valence-corrected chi connectivity index (χ4v) is 2.47. The largest absolute Gasteiger partial charge is 0.365 e. The number of thiophene rings is 1. The van der Waals surface area contributed by atoms with Crippen LogP contribution in [0.1, 0.15) is 24.9 Å². The van der Waals surface area contributed by atoms with Gasteiger partial charge in [0.2, 0.25) is 0 Å². The molecule has 0 saturated heterocycles. The number of carbonyl (C=O) groups excluding carboxylic acids is 2. The van der Waals surface area contributed by atoms with Gasteiger partial charge in [-0.3, -0.25) is 9.59 Å². The van der Waals surface area contributed by atoms with Crippen molar-refractivity contribution in [1.29, 1.82) is 0 Å². The molecule has 0 fully saturated rings. The van der Waals surface area contributed by atoms with Crippen molar-refractivity contribution < 1.29 is 22.8 Å². The summed E-state index contributed by atoms with van der Waals surface area (Å²) >= 11 is 1.02. The summed E-state index contributed by atoms with van der Waals surface area (Å²) in [5, 5.41) is 2.23. The quantitative estimate of drug-likeness (QED) is 0.855. The van der Waals surface area contributed by atoms with Crippen LogP contribution in [0.3, 0.4) is 0 Å². The van der Waals surface area contributed by atoms with E-state index in [-0.39, 0.29) is 10.6 Å². The Bertz CT molecular complexity index is 743. The van der Waals surface area contributed by atoms with Crippen molar-refractivity contribution >= 4 is 28.8 Å². The molecule has 8 heteroatoms. The lowest BCUT2D eigenvalue weighted by Gasteiger charge is -2.07. The number of rotatable bonds is 3. The van der Waals surface area contributed by atoms with Gasteiger partial charge in [0.25, 0.3) is 11.8 Å². The van der Waals surface area contributed by atoms with E-state index in [1.54, 1.807) is 6.92 Å². The molecule has 0 saturated carbocycles. The summed E-state index contributed by atoms with van der Waals surface area (Å²) < 4.78 is 40.0. The van der Waals surface area contributed by atoms with Crippen LogP contribution in [0.4, 0.5) is 18.9 Å². The highest BCUT2D eigenvalue weighted by molar-refractivity contribution is 7.14. The fraction of sp³-hybridized carbons (Fsp3) is 0.0769. The Labute approximate surface area is 121 Å². The zero-order valence-electron chi connectivity index (χ0n) is 10.7. The molecule has 2 aromatic rings. The molecule has 0 aliphatic rings. The van der Waals surface area contributed by atoms with Crippen LogP contribution in [-0.4, -0.2) is 11.8 Å². The van der Waals surface area contributed by atoms with Gasteiger partial charge in [-0.25, -0.2) is 13.2 Å². The van der Waals surface area contributed by atoms with Crippen molar-refractivity contribution in [2.75, 3.05) is 5.32 Å². The molecule has 0 aliphatic heterocycles. The van der Waals surface area contributed by atoms with Crippen LogP contribution in [0, 0.1) is 24.4 Å². The van der Waals surface area contributed by atoms with E-state index in [4.69, 9.17) is 5.73 Å². The van der Waals surface area contributed by atoms with E-state index in [1.165, 1.54) is 6.07 Å². The average molecular weight is 314 g/mol. The van der Waals surface area contributed by atoms with Crippen LogP contribution in [0.2, 0.25) is 0 Å². The molecule has 2 rings (SSSR count). The molecule has 1 aromatic carbocycles. The number of amides is 2. The van der Waals surface area contributed by atoms with Gasteiger partial charge in [-0.05, 0) is 25.1 Å². The first-order valence-electron chi connectivity index (χ1n) is 5.66. The maximum atomic E-state index is 13.5. The molecule has 2 amide bonds. The minimum Gasteiger partial charge on any atom is -0.365 e. The molecule has 0 spiro atoms. The van der Waals surface area contributed by atoms with Crippen molar-refractivity contribution in [3.8, 4) is 0 Å². The smallest absolute Gasteiger partial charge is 0.261 e. The maximum absolute atomic E-state index is 13.5. The van der Waals surface area contributed by atoms with Gasteiger partial charge >= 0.3 is 0 Å². The summed E-state index contributed by atoms with van der Waals surface area (Å²) in [6.45, 7) is 1.59. The van der Waals surface area contributed by atoms with Crippen LogP contribution in [-0.2, 0) is 0 Å². The lowest BCUT2D eigenvalue weighted by Crippen LogP contribution is -2.17. The number of carbonyl (C=O) groups is 2. The van der Waals surface area contributed by atoms with Crippen LogP contribution >= 0.6 is 11.3 Å². The maximum Gasteiger partial charge on any atom is 0.261 e. The minimum absolute atomic E-state index is 0.182. The molecule has 1 aromatic heterocycles. The number of hydrogen-bond donors (Lipinski definition) is 2. The third kappa shape index (κ3) is 2.89. The second kappa shape index (κ2) is 5.57. The van der Waals surface area contributed by atoms with Crippen molar-refractivity contribution in [2.24, 2.45) is 5.73 Å². The standard InChI is InChI=1S/C13H9F3N2O2S/c1-5-8(4-9(21-5)12(17)19)18-13(20)10-6(14)2-3-7(15)11(10)16/h2-4H,1H3,(H2,17,19)(H,18,20). The van der Waals surface area contributed by atoms with E-state index in [9.17, 15) is 22.8 Å². The van der Waals surface area contributed by atoms with Gasteiger partial charge in [0.1, 0.15) is 11.4 Å². The normalized spacial score (nSPS) is 10.5. The summed E-state index contributed by atoms with van der Waals surface area (Å²) in [5.41, 5.74) is 4.25. The number of nitrogens with two attached hydrogens (primary N) is 1. The SMILES string of the molecule is Cc1sc(C(N)=O)cc1NC(=O)c1c(F)ccc(F)c1F. The number of nitrogens with one attached hydrogen (secondary N) is 1. The van der Waals surface area contributed by atoms with Crippen LogP contribution in [0.25, 0.3) is 0 Å². The first-order valence-corrected chi connectivity index (χ1v) is 6.48. The number of aryl methyl sites for hydroxylation is 1. The van der Waals surface area contributed by atoms with Gasteiger partial charge < -0.3 is 11.1 Å². The minimum atomic E-state index is -1.57. The molecule has 0 unspecified atom stereocenters. The zero-order valence-corrected chi connectivity index (χ0v) is 11.5. The molecular formula is C13H9F3N2O2S. The molecule has 0 bridgehead atoms. The summed E-state index contributed by atoms with van der Waals surface area (Å²) in [7, 11) is 0. The molecule has 21 heavy (non-hydrogen) atoms. The monoisotopic (exact) mass is 314 g/mol. The predicted octanol–water partition coefficient (Wildman–Crippen LogP) is 2.83. The summed E-state index contributed by atoms with van der Waals surface area (Å²) in [5.74, 6) is -5.93. The van der Waals surface area contributed by atoms with Gasteiger partial charge in [-0.2, -0.15) is 0 Å². The summed E-state index contributed by atoms with van der Waals surface area (Å²) in [6, 6.07) is 2.53. The third-order valence-corrected chi connectivity index (χ3v) is 3.74. The summed E-state index contributed by atoms with van der Waals surface area (Å²) in [6.07, 6.45) is 0. The molecule has 0 atom stereocenters. The number of primary amides is 1. The van der Waals surface area contributed by atoms with Crippen LogP contribution in [0.5, 0.6) is 0 Å². The number of halogens is 3. The Morgan fingerprint density at radius 3 is 2.38 bits per heavy atom. The number of hydrogen-bond acceptors (Lipinski definition) is 3.